The second-order valence-corrected chi connectivity index (χ2v) is 6.21. The van der Waals surface area contributed by atoms with Crippen LogP contribution in [0.25, 0.3) is 0 Å². The fraction of sp³-hybridized carbons (Fsp3) is 0.500. The molecule has 1 aromatic carbocycles. The molecule has 0 amide bonds. The van der Waals surface area contributed by atoms with Crippen LogP contribution < -0.4 is 0 Å². The van der Waals surface area contributed by atoms with Gasteiger partial charge in [0.2, 0.25) is 0 Å². The monoisotopic (exact) mass is 262 g/mol. The van der Waals surface area contributed by atoms with Crippen molar-refractivity contribution < 1.29 is 14.7 Å². The smallest absolute Gasteiger partial charge is 0.307 e. The summed E-state index contributed by atoms with van der Waals surface area (Å²) in [6, 6.07) is 9.44. The van der Waals surface area contributed by atoms with Gasteiger partial charge < -0.3 is 5.11 Å². The zero-order valence-electron chi connectivity index (χ0n) is 11.8. The summed E-state index contributed by atoms with van der Waals surface area (Å²) >= 11 is 0. The van der Waals surface area contributed by atoms with Gasteiger partial charge in [0.25, 0.3) is 0 Å². The summed E-state index contributed by atoms with van der Waals surface area (Å²) in [7, 11) is 0. The van der Waals surface area contributed by atoms with Crippen LogP contribution in [0.2, 0.25) is 0 Å². The Morgan fingerprint density at radius 1 is 1.16 bits per heavy atom. The van der Waals surface area contributed by atoms with Crippen LogP contribution in [-0.4, -0.2) is 16.9 Å². The van der Waals surface area contributed by atoms with Gasteiger partial charge in [0, 0.05) is 12.8 Å². The molecule has 3 nitrogen and oxygen atoms in total. The molecule has 0 radical (unpaired) electrons. The predicted molar refractivity (Wildman–Crippen MR) is 75.0 cm³/mol. The molecule has 1 atom stereocenters. The van der Waals surface area contributed by atoms with Gasteiger partial charge in [0.1, 0.15) is 5.78 Å². The highest BCUT2D eigenvalue weighted by molar-refractivity contribution is 5.84. The molecule has 1 rings (SSSR count). The van der Waals surface area contributed by atoms with Crippen LogP contribution in [0.15, 0.2) is 30.3 Å². The van der Waals surface area contributed by atoms with E-state index in [9.17, 15) is 14.7 Å². The molecular formula is C16H22O3. The lowest BCUT2D eigenvalue weighted by atomic mass is 9.85. The normalized spacial score (nSPS) is 13.0. The highest BCUT2D eigenvalue weighted by Crippen LogP contribution is 2.22. The van der Waals surface area contributed by atoms with E-state index >= 15 is 0 Å². The van der Waals surface area contributed by atoms with Crippen molar-refractivity contribution in [1.82, 2.24) is 0 Å². The molecule has 1 N–H and O–H groups in total. The molecule has 0 unspecified atom stereocenters. The van der Waals surface area contributed by atoms with E-state index in [2.05, 4.69) is 0 Å². The fourth-order valence-electron chi connectivity index (χ4n) is 2.08. The first-order chi connectivity index (χ1) is 8.78. The molecule has 0 aliphatic heterocycles. The standard InChI is InChI=1S/C16H22O3/c1-16(2,3)11-14(17)10-13(15(18)19)9-12-7-5-4-6-8-12/h4-8,13H,9-11H2,1-3H3,(H,18,19)/t13-/m1/s1. The lowest BCUT2D eigenvalue weighted by molar-refractivity contribution is -0.144. The van der Waals surface area contributed by atoms with Gasteiger partial charge in [-0.2, -0.15) is 0 Å². The number of carbonyl (C=O) groups is 2. The van der Waals surface area contributed by atoms with E-state index in [0.29, 0.717) is 12.8 Å². The van der Waals surface area contributed by atoms with Crippen LogP contribution in [0.5, 0.6) is 0 Å². The molecule has 0 bridgehead atoms. The van der Waals surface area contributed by atoms with Gasteiger partial charge in [-0.25, -0.2) is 0 Å². The highest BCUT2D eigenvalue weighted by Gasteiger charge is 2.24. The maximum absolute atomic E-state index is 11.9. The Kier molecular flexibility index (Phi) is 5.28. The second-order valence-electron chi connectivity index (χ2n) is 6.21. The van der Waals surface area contributed by atoms with Crippen molar-refractivity contribution in [3.05, 3.63) is 35.9 Å². The topological polar surface area (TPSA) is 54.4 Å². The average molecular weight is 262 g/mol. The number of benzene rings is 1. The minimum absolute atomic E-state index is 0.0239. The van der Waals surface area contributed by atoms with Gasteiger partial charge in [-0.3, -0.25) is 9.59 Å². The number of rotatable bonds is 6. The SMILES string of the molecule is CC(C)(C)CC(=O)C[C@@H](Cc1ccccc1)C(=O)O. The number of carboxylic acids is 1. The molecule has 104 valence electrons. The molecule has 1 aromatic rings. The molecule has 0 fully saturated rings. The highest BCUT2D eigenvalue weighted by atomic mass is 16.4. The van der Waals surface area contributed by atoms with Crippen LogP contribution in [0.4, 0.5) is 0 Å². The van der Waals surface area contributed by atoms with Crippen molar-refractivity contribution in [2.45, 2.75) is 40.0 Å². The molecule has 0 saturated heterocycles. The lowest BCUT2D eigenvalue weighted by Crippen LogP contribution is -2.22. The predicted octanol–water partition coefficient (Wildman–Crippen LogP) is 3.33. The summed E-state index contributed by atoms with van der Waals surface area (Å²) in [5.41, 5.74) is 0.867. The first-order valence-electron chi connectivity index (χ1n) is 6.56. The van der Waals surface area contributed by atoms with Crippen LogP contribution in [0.3, 0.4) is 0 Å². The molecule has 3 heteroatoms. The van der Waals surface area contributed by atoms with Crippen molar-refractivity contribution in [3.63, 3.8) is 0 Å². The summed E-state index contributed by atoms with van der Waals surface area (Å²) in [6.07, 6.45) is 0.944. The minimum atomic E-state index is -0.897. The number of carbonyl (C=O) groups excluding carboxylic acids is 1. The van der Waals surface area contributed by atoms with Gasteiger partial charge in [-0.05, 0) is 17.4 Å². The van der Waals surface area contributed by atoms with Gasteiger partial charge in [-0.1, -0.05) is 51.1 Å². The van der Waals surface area contributed by atoms with Crippen LogP contribution in [-0.2, 0) is 16.0 Å². The summed E-state index contributed by atoms with van der Waals surface area (Å²) in [4.78, 5) is 23.2. The van der Waals surface area contributed by atoms with Crippen molar-refractivity contribution in [1.29, 1.82) is 0 Å². The summed E-state index contributed by atoms with van der Waals surface area (Å²) in [5, 5.41) is 9.23. The Labute approximate surface area is 114 Å². The maximum Gasteiger partial charge on any atom is 0.307 e. The number of hydrogen-bond acceptors (Lipinski definition) is 2. The second kappa shape index (κ2) is 6.50. The number of ketones is 1. The summed E-state index contributed by atoms with van der Waals surface area (Å²) in [5.74, 6) is -1.50. The maximum atomic E-state index is 11.9. The first-order valence-corrected chi connectivity index (χ1v) is 6.56. The van der Waals surface area contributed by atoms with Crippen LogP contribution in [0.1, 0.15) is 39.2 Å². The van der Waals surface area contributed by atoms with Crippen molar-refractivity contribution in [3.8, 4) is 0 Å². The molecular weight excluding hydrogens is 240 g/mol. The van der Waals surface area contributed by atoms with Gasteiger partial charge in [0.05, 0.1) is 5.92 Å². The van der Waals surface area contributed by atoms with Crippen LogP contribution >= 0.6 is 0 Å². The Bertz CT molecular complexity index is 429. The van der Waals surface area contributed by atoms with Gasteiger partial charge >= 0.3 is 5.97 Å². The molecule has 0 aliphatic carbocycles. The molecule has 0 saturated carbocycles. The van der Waals surface area contributed by atoms with Gasteiger partial charge in [-0.15, -0.1) is 0 Å². The molecule has 0 heterocycles. The zero-order valence-corrected chi connectivity index (χ0v) is 11.8. The van der Waals surface area contributed by atoms with E-state index in [4.69, 9.17) is 0 Å². The third kappa shape index (κ3) is 6.18. The van der Waals surface area contributed by atoms with E-state index in [1.807, 2.05) is 51.1 Å². The van der Waals surface area contributed by atoms with E-state index in [1.165, 1.54) is 0 Å². The molecule has 0 aliphatic rings. The largest absolute Gasteiger partial charge is 0.481 e. The quantitative estimate of drug-likeness (QED) is 0.855. The number of aliphatic carboxylic acids is 1. The Balaban J connectivity index is 2.64. The van der Waals surface area contributed by atoms with E-state index in [0.717, 1.165) is 5.56 Å². The first kappa shape index (κ1) is 15.4. The van der Waals surface area contributed by atoms with E-state index in [-0.39, 0.29) is 17.6 Å². The van der Waals surface area contributed by atoms with E-state index in [1.54, 1.807) is 0 Å². The summed E-state index contributed by atoms with van der Waals surface area (Å²) in [6.45, 7) is 5.95. The Hall–Kier alpha value is -1.64. The number of Topliss-reactive ketones (excluding diaryl/α,β-unsaturated/α-hetero) is 1. The number of carboxylic acid groups (broad SMARTS) is 1. The molecule has 19 heavy (non-hydrogen) atoms. The number of hydrogen-bond donors (Lipinski definition) is 1. The third-order valence-corrected chi connectivity index (χ3v) is 2.88. The van der Waals surface area contributed by atoms with Gasteiger partial charge in [0.15, 0.2) is 0 Å². The Morgan fingerprint density at radius 2 is 1.74 bits per heavy atom. The zero-order chi connectivity index (χ0) is 14.5. The van der Waals surface area contributed by atoms with Crippen LogP contribution in [0, 0.1) is 11.3 Å². The van der Waals surface area contributed by atoms with Crippen molar-refractivity contribution >= 4 is 11.8 Å². The fourth-order valence-corrected chi connectivity index (χ4v) is 2.08. The average Bonchev–Trinajstić information content (AvgIpc) is 2.26. The minimum Gasteiger partial charge on any atom is -0.481 e. The van der Waals surface area contributed by atoms with Crippen molar-refractivity contribution in [2.24, 2.45) is 11.3 Å². The Morgan fingerprint density at radius 3 is 2.21 bits per heavy atom. The van der Waals surface area contributed by atoms with E-state index < -0.39 is 11.9 Å². The lowest BCUT2D eigenvalue weighted by Gasteiger charge is -2.18. The molecule has 0 aromatic heterocycles. The third-order valence-electron chi connectivity index (χ3n) is 2.88. The summed E-state index contributed by atoms with van der Waals surface area (Å²) < 4.78 is 0. The molecule has 0 spiro atoms. The van der Waals surface area contributed by atoms with Crippen molar-refractivity contribution in [2.75, 3.05) is 0 Å².